The fourth-order valence-electron chi connectivity index (χ4n) is 12.0. The first kappa shape index (κ1) is 58.8. The molecule has 0 fully saturated rings. The van der Waals surface area contributed by atoms with E-state index in [4.69, 9.17) is 9.97 Å². The normalized spacial score (nSPS) is 11.4. The van der Waals surface area contributed by atoms with Crippen LogP contribution in [0.2, 0.25) is 0 Å². The van der Waals surface area contributed by atoms with Gasteiger partial charge in [-0.15, -0.1) is 146 Å². The van der Waals surface area contributed by atoms with Crippen molar-refractivity contribution in [3.63, 3.8) is 0 Å². The van der Waals surface area contributed by atoms with Crippen LogP contribution in [-0.4, -0.2) is 58.1 Å². The molecule has 0 amide bonds. The standard InChI is InChI=1S/2C37H22N6S2.2Pt/c1-42-33-13-10-26(37-40-16-18-45-37)21-31(33)41-35(42)24-8-11-28-29-20-25(36-39-15-17-44-36)9-12-32(29)43(34(28)22-24)27-6-4-5-23(19-27)30-7-2-3-14-38-30;1-42-34-22-24(36-39-14-16-44-36)10-12-31(34)41-35(42)23-9-11-29-28-6-2-3-8-32(28)43(33(29)21-23)27-19-25(30-7-4-5-13-38-30)18-26(20-27)37-40-15-17-45-37;;/h2-18,20-21H,1H3;2-18,20,22H,1H3;;/q2*-2;2*+2. The van der Waals surface area contributed by atoms with E-state index >= 15 is 0 Å². The van der Waals surface area contributed by atoms with Gasteiger partial charge in [-0.3, -0.25) is 9.97 Å². The van der Waals surface area contributed by atoms with E-state index in [1.807, 2.05) is 95.1 Å². The molecule has 10 aromatic heterocycles. The number of rotatable bonds is 10. The van der Waals surface area contributed by atoms with Crippen molar-refractivity contribution in [1.29, 1.82) is 0 Å². The number of aromatic nitrogens is 12. The predicted molar refractivity (Wildman–Crippen MR) is 367 cm³/mol. The number of pyridine rings is 2. The van der Waals surface area contributed by atoms with Crippen molar-refractivity contribution < 1.29 is 42.1 Å². The van der Waals surface area contributed by atoms with Crippen molar-refractivity contribution in [3.05, 3.63) is 253 Å². The Morgan fingerprint density at radius 3 is 1.48 bits per heavy atom. The molecule has 0 N–H and O–H groups in total. The summed E-state index contributed by atoms with van der Waals surface area (Å²) in [6.45, 7) is 0. The minimum absolute atomic E-state index is 0. The van der Waals surface area contributed by atoms with Crippen LogP contribution in [0.15, 0.2) is 229 Å². The Bertz CT molecular complexity index is 5700. The van der Waals surface area contributed by atoms with E-state index in [0.717, 1.165) is 165 Å². The summed E-state index contributed by atoms with van der Waals surface area (Å²) in [6, 6.07) is 73.6. The summed E-state index contributed by atoms with van der Waals surface area (Å²) in [7, 11) is 4.13. The summed E-state index contributed by atoms with van der Waals surface area (Å²) < 4.78 is 8.78. The molecule has 0 unspecified atom stereocenters. The molecule has 18 heteroatoms. The first-order valence-corrected chi connectivity index (χ1v) is 32.4. The molecule has 0 aliphatic carbocycles. The van der Waals surface area contributed by atoms with Gasteiger partial charge in [0, 0.05) is 101 Å². The third kappa shape index (κ3) is 10.5. The number of para-hydroxylation sites is 1. The van der Waals surface area contributed by atoms with Crippen LogP contribution in [0.3, 0.4) is 0 Å². The van der Waals surface area contributed by atoms with Gasteiger partial charge < -0.3 is 28.2 Å². The summed E-state index contributed by atoms with van der Waals surface area (Å²) in [6.07, 6.45) is 11.0. The van der Waals surface area contributed by atoms with Crippen molar-refractivity contribution in [2.45, 2.75) is 0 Å². The third-order valence-corrected chi connectivity index (χ3v) is 19.5. The average molecular weight is 1620 g/mol. The maximum absolute atomic E-state index is 5.09. The van der Waals surface area contributed by atoms with Crippen molar-refractivity contribution in [2.75, 3.05) is 0 Å². The van der Waals surface area contributed by atoms with E-state index in [1.165, 1.54) is 0 Å². The minimum atomic E-state index is 0. The zero-order valence-electron chi connectivity index (χ0n) is 48.6. The van der Waals surface area contributed by atoms with Crippen LogP contribution in [0.25, 0.3) is 165 Å². The fourth-order valence-corrected chi connectivity index (χ4v) is 14.6. The van der Waals surface area contributed by atoms with E-state index in [2.05, 4.69) is 220 Å². The molecule has 18 rings (SSSR count). The molecule has 0 bridgehead atoms. The zero-order chi connectivity index (χ0) is 59.8. The van der Waals surface area contributed by atoms with Crippen molar-refractivity contribution in [3.8, 4) is 98.9 Å². The number of hydrogen-bond donors (Lipinski definition) is 0. The Labute approximate surface area is 572 Å². The fraction of sp³-hybridized carbons (Fsp3) is 0.0270. The summed E-state index contributed by atoms with van der Waals surface area (Å²) in [5, 5.41) is 16.5. The van der Waals surface area contributed by atoms with Gasteiger partial charge in [-0.25, -0.2) is 19.9 Å². The van der Waals surface area contributed by atoms with Gasteiger partial charge in [-0.1, -0.05) is 64.9 Å². The minimum Gasteiger partial charge on any atom is -0.367 e. The molecular weight excluding hydrogens is 1580 g/mol. The summed E-state index contributed by atoms with van der Waals surface area (Å²) in [4.78, 5) is 37.5. The Balaban J connectivity index is 0.000000149. The molecule has 0 saturated heterocycles. The molecule has 0 radical (unpaired) electrons. The van der Waals surface area contributed by atoms with Crippen LogP contribution >= 0.6 is 45.3 Å². The largest absolute Gasteiger partial charge is 2.00 e. The van der Waals surface area contributed by atoms with Gasteiger partial charge in [0.1, 0.15) is 20.0 Å². The first-order valence-electron chi connectivity index (χ1n) is 28.8. The Kier molecular flexibility index (Phi) is 15.7. The molecule has 0 saturated carbocycles. The van der Waals surface area contributed by atoms with Gasteiger partial charge in [0.05, 0.1) is 33.7 Å². The van der Waals surface area contributed by atoms with E-state index in [1.54, 1.807) is 45.3 Å². The van der Waals surface area contributed by atoms with Crippen LogP contribution in [0.4, 0.5) is 0 Å². The number of benzene rings is 8. The first-order chi connectivity index (χ1) is 44.4. The maximum Gasteiger partial charge on any atom is 2.00 e. The van der Waals surface area contributed by atoms with Crippen molar-refractivity contribution in [2.24, 2.45) is 14.1 Å². The molecule has 12 nitrogen and oxygen atoms in total. The van der Waals surface area contributed by atoms with Crippen molar-refractivity contribution >= 4 is 111 Å². The number of hydrogen-bond acceptors (Lipinski definition) is 12. The second-order valence-electron chi connectivity index (χ2n) is 21.5. The monoisotopic (exact) mass is 1620 g/mol. The number of fused-ring (bicyclic) bond motifs is 8. The molecule has 444 valence electrons. The second-order valence-corrected chi connectivity index (χ2v) is 25.1. The zero-order valence-corrected chi connectivity index (χ0v) is 56.4. The van der Waals surface area contributed by atoms with Crippen molar-refractivity contribution in [1.82, 2.24) is 58.1 Å². The summed E-state index contributed by atoms with van der Waals surface area (Å²) in [5.41, 5.74) is 19.6. The number of aryl methyl sites for hydroxylation is 2. The molecule has 18 aromatic rings. The Morgan fingerprint density at radius 2 is 0.848 bits per heavy atom. The van der Waals surface area contributed by atoms with Gasteiger partial charge in [-0.2, -0.15) is 0 Å². The molecule has 92 heavy (non-hydrogen) atoms. The Hall–Kier alpha value is -9.50. The average Bonchev–Trinajstić information content (AvgIpc) is 1.61. The van der Waals surface area contributed by atoms with Crippen LogP contribution < -0.4 is 0 Å². The summed E-state index contributed by atoms with van der Waals surface area (Å²) >= 11 is 6.53. The number of nitrogens with zero attached hydrogens (tertiary/aromatic N) is 12. The van der Waals surface area contributed by atoms with Gasteiger partial charge in [-0.05, 0) is 111 Å². The molecular formula is C74H44N12Pt2S4. The van der Waals surface area contributed by atoms with Gasteiger partial charge in [0.15, 0.2) is 0 Å². The molecule has 0 spiro atoms. The van der Waals surface area contributed by atoms with Crippen LogP contribution in [-0.2, 0) is 56.2 Å². The van der Waals surface area contributed by atoms with Crippen LogP contribution in [0.5, 0.6) is 0 Å². The molecule has 8 aromatic carbocycles. The SMILES string of the molecule is Cn1c(-c2[c-]c3c(cc2)c2cc(-c4nccs4)ccc2n3-c2[c-]c(-c3ccccn3)ccc2)nc2cc(-c3nccs3)ccc21.Cn1c(-c2[c-]c3c(cc2)c2ccccc2n3-c2[c-]c(-c3ccccn3)cc(-c3nccs3)c2)nc2ccc(-c3nccs3)cc21.[Pt+2].[Pt+2]. The molecule has 0 atom stereocenters. The Morgan fingerprint density at radius 1 is 0.326 bits per heavy atom. The number of imidazole rings is 2. The second kappa shape index (κ2) is 24.6. The smallest absolute Gasteiger partial charge is 0.367 e. The van der Waals surface area contributed by atoms with E-state index < -0.39 is 0 Å². The predicted octanol–water partition coefficient (Wildman–Crippen LogP) is 18.5. The van der Waals surface area contributed by atoms with Crippen LogP contribution in [0, 0.1) is 24.3 Å². The van der Waals surface area contributed by atoms with Gasteiger partial charge in [0.25, 0.3) is 0 Å². The van der Waals surface area contributed by atoms with Gasteiger partial charge in [0.2, 0.25) is 0 Å². The quantitative estimate of drug-likeness (QED) is 0.124. The number of thiazole rings is 4. The van der Waals surface area contributed by atoms with Crippen LogP contribution in [0.1, 0.15) is 0 Å². The maximum atomic E-state index is 5.09. The topological polar surface area (TPSA) is 123 Å². The van der Waals surface area contributed by atoms with E-state index in [-0.39, 0.29) is 42.1 Å². The molecule has 10 heterocycles. The molecule has 0 aliphatic rings. The molecule has 0 aliphatic heterocycles. The van der Waals surface area contributed by atoms with Gasteiger partial charge >= 0.3 is 42.1 Å². The van der Waals surface area contributed by atoms with E-state index in [9.17, 15) is 0 Å². The van der Waals surface area contributed by atoms with E-state index in [0.29, 0.717) is 0 Å². The third-order valence-electron chi connectivity index (χ3n) is 16.2. The summed E-state index contributed by atoms with van der Waals surface area (Å²) in [5.74, 6) is 1.71.